The van der Waals surface area contributed by atoms with Gasteiger partial charge in [-0.1, -0.05) is 75.4 Å². The van der Waals surface area contributed by atoms with Crippen LogP contribution in [0, 0.1) is 11.2 Å². The molecule has 2 rings (SSSR count). The van der Waals surface area contributed by atoms with E-state index < -0.39 is 0 Å². The molecule has 0 saturated carbocycles. The highest BCUT2D eigenvalue weighted by atomic mass is 32.2. The summed E-state index contributed by atoms with van der Waals surface area (Å²) < 4.78 is 0. The van der Waals surface area contributed by atoms with Crippen LogP contribution in [0.1, 0.15) is 51.9 Å². The molecule has 2 aromatic carbocycles. The summed E-state index contributed by atoms with van der Waals surface area (Å²) in [4.78, 5) is 2.63. The number of hydrogen-bond donors (Lipinski definition) is 0. The summed E-state index contributed by atoms with van der Waals surface area (Å²) in [5.74, 6) is 3.44. The van der Waals surface area contributed by atoms with E-state index in [2.05, 4.69) is 78.8 Å². The highest BCUT2D eigenvalue weighted by Crippen LogP contribution is 2.22. The van der Waals surface area contributed by atoms with Gasteiger partial charge in [-0.05, 0) is 36.6 Å². The summed E-state index contributed by atoms with van der Waals surface area (Å²) in [5, 5.41) is 3.53. The summed E-state index contributed by atoms with van der Waals surface area (Å²) in [6.07, 6.45) is 9.00. The van der Waals surface area contributed by atoms with Crippen molar-refractivity contribution < 1.29 is 0 Å². The Balaban J connectivity index is 1.93. The molecule has 0 bridgehead atoms. The lowest BCUT2D eigenvalue weighted by atomic mass is 10.1. The lowest BCUT2D eigenvalue weighted by molar-refractivity contribution is 0.614. The van der Waals surface area contributed by atoms with Gasteiger partial charge in [0.1, 0.15) is 10.9 Å². The highest BCUT2D eigenvalue weighted by Gasteiger charge is 2.22. The normalized spacial score (nSPS) is 10.3. The van der Waals surface area contributed by atoms with E-state index in [0.717, 1.165) is 6.42 Å². The van der Waals surface area contributed by atoms with Crippen LogP contribution in [0.3, 0.4) is 0 Å². The lowest BCUT2D eigenvalue weighted by Crippen LogP contribution is -1.99. The topological polar surface area (TPSA) is 0 Å². The Labute approximate surface area is 144 Å². The van der Waals surface area contributed by atoms with Crippen LogP contribution >= 0.6 is 0 Å². The van der Waals surface area contributed by atoms with Crippen LogP contribution < -0.4 is 0 Å². The van der Waals surface area contributed by atoms with Crippen LogP contribution in [0.25, 0.3) is 0 Å². The number of hydrogen-bond acceptors (Lipinski definition) is 0. The van der Waals surface area contributed by atoms with Crippen LogP contribution in [0.4, 0.5) is 0 Å². The molecule has 0 aliphatic heterocycles. The monoisotopic (exact) mass is 323 g/mol. The molecule has 0 saturated heterocycles. The molecule has 0 aliphatic carbocycles. The average Bonchev–Trinajstić information content (AvgIpc) is 2.62. The molecule has 0 aromatic heterocycles. The van der Waals surface area contributed by atoms with Crippen molar-refractivity contribution in [1.82, 2.24) is 0 Å². The molecule has 0 spiro atoms. The van der Waals surface area contributed by atoms with Crippen molar-refractivity contribution in [1.29, 1.82) is 0 Å². The van der Waals surface area contributed by atoms with E-state index in [1.165, 1.54) is 48.3 Å². The zero-order chi connectivity index (χ0) is 16.2. The molecule has 0 radical (unpaired) electrons. The zero-order valence-electron chi connectivity index (χ0n) is 14.1. The third-order valence-corrected chi connectivity index (χ3v) is 5.62. The Morgan fingerprint density at radius 3 is 1.78 bits per heavy atom. The van der Waals surface area contributed by atoms with Gasteiger partial charge in [0.05, 0.1) is 0 Å². The molecular formula is C22H27S+. The number of benzene rings is 2. The summed E-state index contributed by atoms with van der Waals surface area (Å²) in [6, 6.07) is 21.3. The quantitative estimate of drug-likeness (QED) is 0.298. The van der Waals surface area contributed by atoms with E-state index in [0.29, 0.717) is 0 Å². The van der Waals surface area contributed by atoms with Crippen LogP contribution in [-0.2, 0) is 10.9 Å². The van der Waals surface area contributed by atoms with Gasteiger partial charge in [0, 0.05) is 6.42 Å². The fourth-order valence-corrected chi connectivity index (χ4v) is 4.10. The Bertz CT molecular complexity index is 553. The van der Waals surface area contributed by atoms with Gasteiger partial charge in [0.2, 0.25) is 0 Å². The van der Waals surface area contributed by atoms with E-state index in [1.54, 1.807) is 0 Å². The van der Waals surface area contributed by atoms with Gasteiger partial charge in [-0.2, -0.15) is 0 Å². The Morgan fingerprint density at radius 2 is 1.22 bits per heavy atom. The summed E-state index contributed by atoms with van der Waals surface area (Å²) >= 11 is 0. The fourth-order valence-electron chi connectivity index (χ4n) is 2.48. The first-order chi connectivity index (χ1) is 11.4. The SMILES string of the molecule is CCCCCCCCC#C[S+](c1ccccc1)c1ccccc1. The molecule has 2 aromatic rings. The van der Waals surface area contributed by atoms with Gasteiger partial charge >= 0.3 is 0 Å². The van der Waals surface area contributed by atoms with Gasteiger partial charge in [-0.3, -0.25) is 0 Å². The molecule has 0 atom stereocenters. The molecule has 0 nitrogen and oxygen atoms in total. The smallest absolute Gasteiger partial charge is 0.0654 e. The first kappa shape index (κ1) is 17.7. The van der Waals surface area contributed by atoms with Gasteiger partial charge in [0.25, 0.3) is 0 Å². The maximum atomic E-state index is 3.53. The second-order valence-corrected chi connectivity index (χ2v) is 7.49. The second kappa shape index (κ2) is 11.0. The van der Waals surface area contributed by atoms with Gasteiger partial charge in [0.15, 0.2) is 15.0 Å². The third-order valence-electron chi connectivity index (χ3n) is 3.79. The van der Waals surface area contributed by atoms with Crippen molar-refractivity contribution in [2.24, 2.45) is 0 Å². The Hall–Kier alpha value is -1.65. The van der Waals surface area contributed by atoms with Crippen molar-refractivity contribution in [2.45, 2.75) is 61.7 Å². The van der Waals surface area contributed by atoms with E-state index in [9.17, 15) is 0 Å². The largest absolute Gasteiger partial charge is 0.175 e. The first-order valence-electron chi connectivity index (χ1n) is 8.74. The Morgan fingerprint density at radius 1 is 0.696 bits per heavy atom. The summed E-state index contributed by atoms with van der Waals surface area (Å²) in [6.45, 7) is 2.26. The van der Waals surface area contributed by atoms with Crippen molar-refractivity contribution in [3.05, 3.63) is 60.7 Å². The fraction of sp³-hybridized carbons (Fsp3) is 0.364. The van der Waals surface area contributed by atoms with Gasteiger partial charge in [-0.25, -0.2) is 0 Å². The molecule has 0 unspecified atom stereocenters. The maximum Gasteiger partial charge on any atom is 0.175 e. The van der Waals surface area contributed by atoms with Gasteiger partial charge < -0.3 is 0 Å². The van der Waals surface area contributed by atoms with E-state index in [-0.39, 0.29) is 10.9 Å². The molecule has 0 aliphatic rings. The minimum atomic E-state index is -0.123. The Kier molecular flexibility index (Phi) is 8.45. The van der Waals surface area contributed by atoms with Crippen LogP contribution in [-0.4, -0.2) is 0 Å². The highest BCUT2D eigenvalue weighted by molar-refractivity contribution is 8.01. The second-order valence-electron chi connectivity index (χ2n) is 5.73. The number of unbranched alkanes of at least 4 members (excludes halogenated alkanes) is 6. The van der Waals surface area contributed by atoms with E-state index in [4.69, 9.17) is 0 Å². The minimum Gasteiger partial charge on any atom is -0.0654 e. The standard InChI is InChI=1S/C22H27S/c1-2-3-4-5-6-7-8-15-20-23(21-16-11-9-12-17-21)22-18-13-10-14-19-22/h9-14,16-19H,2-8H2,1H3/q+1. The summed E-state index contributed by atoms with van der Waals surface area (Å²) in [7, 11) is -0.123. The van der Waals surface area contributed by atoms with Crippen LogP contribution in [0.2, 0.25) is 0 Å². The zero-order valence-corrected chi connectivity index (χ0v) is 14.9. The molecule has 23 heavy (non-hydrogen) atoms. The molecule has 0 heterocycles. The van der Waals surface area contributed by atoms with Crippen molar-refractivity contribution in [2.75, 3.05) is 0 Å². The summed E-state index contributed by atoms with van der Waals surface area (Å²) in [5.41, 5.74) is 0. The molecule has 0 fully saturated rings. The van der Waals surface area contributed by atoms with E-state index in [1.807, 2.05) is 0 Å². The maximum absolute atomic E-state index is 3.53. The van der Waals surface area contributed by atoms with Crippen molar-refractivity contribution in [3.63, 3.8) is 0 Å². The van der Waals surface area contributed by atoms with Crippen LogP contribution in [0.5, 0.6) is 0 Å². The first-order valence-corrected chi connectivity index (χ1v) is 9.97. The lowest BCUT2D eigenvalue weighted by Gasteiger charge is -2.00. The van der Waals surface area contributed by atoms with Crippen molar-refractivity contribution >= 4 is 10.9 Å². The average molecular weight is 324 g/mol. The molecule has 0 N–H and O–H groups in total. The van der Waals surface area contributed by atoms with Gasteiger partial charge in [-0.15, -0.1) is 0 Å². The molecule has 0 amide bonds. The predicted molar refractivity (Wildman–Crippen MR) is 103 cm³/mol. The minimum absolute atomic E-state index is 0.123. The number of rotatable bonds is 8. The molecular weight excluding hydrogens is 296 g/mol. The molecule has 1 heteroatoms. The third kappa shape index (κ3) is 6.55. The van der Waals surface area contributed by atoms with E-state index >= 15 is 0 Å². The van der Waals surface area contributed by atoms with Crippen molar-refractivity contribution in [3.8, 4) is 11.2 Å². The van der Waals surface area contributed by atoms with Crippen LogP contribution in [0.15, 0.2) is 70.5 Å². The predicted octanol–water partition coefficient (Wildman–Crippen LogP) is 6.43. The molecule has 120 valence electrons.